The van der Waals surface area contributed by atoms with Crippen molar-refractivity contribution in [2.45, 2.75) is 59.5 Å². The van der Waals surface area contributed by atoms with Gasteiger partial charge in [-0.1, -0.05) is 25.1 Å². The Labute approximate surface area is 196 Å². The van der Waals surface area contributed by atoms with E-state index in [1.807, 2.05) is 45.9 Å². The van der Waals surface area contributed by atoms with Gasteiger partial charge in [-0.2, -0.15) is 0 Å². The molecule has 0 aliphatic carbocycles. The molecular formula is C26H35FN2O4. The van der Waals surface area contributed by atoms with Crippen molar-refractivity contribution >= 4 is 11.8 Å². The number of hydrogen-bond donors (Lipinski definition) is 1. The predicted octanol–water partition coefficient (Wildman–Crippen LogP) is 4.50. The number of rotatable bonds is 13. The lowest BCUT2D eigenvalue weighted by Gasteiger charge is -2.30. The third-order valence-corrected chi connectivity index (χ3v) is 5.24. The van der Waals surface area contributed by atoms with Crippen molar-refractivity contribution in [1.82, 2.24) is 10.2 Å². The molecule has 2 aromatic carbocycles. The number of amides is 2. The maximum Gasteiger partial charge on any atom is 0.242 e. The van der Waals surface area contributed by atoms with E-state index in [9.17, 15) is 14.0 Å². The number of halogens is 1. The molecule has 0 bridgehead atoms. The number of aryl methyl sites for hydroxylation is 1. The lowest BCUT2D eigenvalue weighted by molar-refractivity contribution is -0.141. The minimum Gasteiger partial charge on any atom is -0.490 e. The van der Waals surface area contributed by atoms with Gasteiger partial charge in [0.25, 0.3) is 0 Å². The molecule has 0 aromatic heterocycles. The first-order valence-electron chi connectivity index (χ1n) is 11.6. The number of nitrogens with zero attached hydrogens (tertiary/aromatic N) is 1. The van der Waals surface area contributed by atoms with Crippen molar-refractivity contribution in [2.75, 3.05) is 19.8 Å². The lowest BCUT2D eigenvalue weighted by Crippen LogP contribution is -2.49. The highest BCUT2D eigenvalue weighted by atomic mass is 19.1. The second-order valence-corrected chi connectivity index (χ2v) is 7.61. The highest BCUT2D eigenvalue weighted by molar-refractivity contribution is 5.87. The van der Waals surface area contributed by atoms with Crippen LogP contribution in [0.25, 0.3) is 0 Å². The van der Waals surface area contributed by atoms with Crippen LogP contribution >= 0.6 is 0 Å². The number of ether oxygens (including phenoxy) is 2. The van der Waals surface area contributed by atoms with Gasteiger partial charge in [-0.15, -0.1) is 0 Å². The minimum absolute atomic E-state index is 0.135. The summed E-state index contributed by atoms with van der Waals surface area (Å²) in [5.74, 6) is 0.670. The Morgan fingerprint density at radius 1 is 0.939 bits per heavy atom. The van der Waals surface area contributed by atoms with Crippen molar-refractivity contribution in [2.24, 2.45) is 0 Å². The topological polar surface area (TPSA) is 67.9 Å². The smallest absolute Gasteiger partial charge is 0.242 e. The molecule has 0 heterocycles. The third-order valence-electron chi connectivity index (χ3n) is 5.24. The average molecular weight is 459 g/mol. The quantitative estimate of drug-likeness (QED) is 0.480. The van der Waals surface area contributed by atoms with Gasteiger partial charge in [0, 0.05) is 19.5 Å². The Morgan fingerprint density at radius 2 is 1.58 bits per heavy atom. The zero-order valence-electron chi connectivity index (χ0n) is 20.0. The lowest BCUT2D eigenvalue weighted by atomic mass is 10.1. The third kappa shape index (κ3) is 7.77. The van der Waals surface area contributed by atoms with Crippen LogP contribution in [0.4, 0.5) is 4.39 Å². The van der Waals surface area contributed by atoms with Gasteiger partial charge >= 0.3 is 0 Å². The first kappa shape index (κ1) is 26.2. The van der Waals surface area contributed by atoms with E-state index in [0.29, 0.717) is 44.1 Å². The molecule has 0 radical (unpaired) electrons. The average Bonchev–Trinajstić information content (AvgIpc) is 2.80. The standard InChI is InChI=1S/C26H35FN2O4/c1-5-22(26(31)28-6-2)29(18-20-9-13-21(27)14-10-20)25(30)16-12-19-11-15-23(32-7-3)24(17-19)33-8-4/h9-11,13-15,17,22H,5-8,12,16,18H2,1-4H3,(H,28,31)/t22-/m1/s1. The number of benzene rings is 2. The summed E-state index contributed by atoms with van der Waals surface area (Å²) in [6.45, 7) is 9.32. The largest absolute Gasteiger partial charge is 0.490 e. The molecule has 7 heteroatoms. The minimum atomic E-state index is -0.596. The van der Waals surface area contributed by atoms with Crippen LogP contribution in [-0.4, -0.2) is 42.5 Å². The molecule has 1 atom stereocenters. The van der Waals surface area contributed by atoms with Crippen molar-refractivity contribution in [3.8, 4) is 11.5 Å². The van der Waals surface area contributed by atoms with Gasteiger partial charge in [-0.25, -0.2) is 4.39 Å². The summed E-state index contributed by atoms with van der Waals surface area (Å²) in [7, 11) is 0. The normalized spacial score (nSPS) is 11.5. The summed E-state index contributed by atoms with van der Waals surface area (Å²) < 4.78 is 24.6. The van der Waals surface area contributed by atoms with Gasteiger partial charge in [0.1, 0.15) is 11.9 Å². The maximum absolute atomic E-state index is 13.3. The van der Waals surface area contributed by atoms with Gasteiger partial charge < -0.3 is 19.7 Å². The summed E-state index contributed by atoms with van der Waals surface area (Å²) in [6.07, 6.45) is 1.21. The van der Waals surface area contributed by atoms with Crippen LogP contribution in [0.3, 0.4) is 0 Å². The van der Waals surface area contributed by atoms with Crippen LogP contribution in [-0.2, 0) is 22.6 Å². The van der Waals surface area contributed by atoms with Crippen LogP contribution in [0.1, 0.15) is 51.7 Å². The molecule has 0 aliphatic rings. The van der Waals surface area contributed by atoms with Gasteiger partial charge in [-0.3, -0.25) is 9.59 Å². The Kier molecular flexibility index (Phi) is 10.7. The molecule has 0 spiro atoms. The van der Waals surface area contributed by atoms with E-state index in [4.69, 9.17) is 9.47 Å². The van der Waals surface area contributed by atoms with Crippen LogP contribution in [0, 0.1) is 5.82 Å². The van der Waals surface area contributed by atoms with Crippen molar-refractivity contribution < 1.29 is 23.5 Å². The number of carbonyl (C=O) groups is 2. The van der Waals surface area contributed by atoms with Crippen LogP contribution in [0.2, 0.25) is 0 Å². The molecule has 0 unspecified atom stereocenters. The second-order valence-electron chi connectivity index (χ2n) is 7.61. The van der Waals surface area contributed by atoms with Crippen LogP contribution in [0.5, 0.6) is 11.5 Å². The van der Waals surface area contributed by atoms with E-state index in [0.717, 1.165) is 11.1 Å². The number of carbonyl (C=O) groups excluding carboxylic acids is 2. The first-order chi connectivity index (χ1) is 15.9. The second kappa shape index (κ2) is 13.5. The maximum atomic E-state index is 13.3. The molecule has 0 saturated heterocycles. The van der Waals surface area contributed by atoms with E-state index in [1.54, 1.807) is 17.0 Å². The van der Waals surface area contributed by atoms with E-state index in [1.165, 1.54) is 12.1 Å². The molecule has 0 fully saturated rings. The summed E-state index contributed by atoms with van der Waals surface area (Å²) in [6, 6.07) is 11.1. The molecule has 2 amide bonds. The molecule has 6 nitrogen and oxygen atoms in total. The highest BCUT2D eigenvalue weighted by Crippen LogP contribution is 2.29. The fourth-order valence-corrected chi connectivity index (χ4v) is 3.64. The fraction of sp³-hybridized carbons (Fsp3) is 0.462. The van der Waals surface area contributed by atoms with Gasteiger partial charge in [0.05, 0.1) is 13.2 Å². The van der Waals surface area contributed by atoms with E-state index in [2.05, 4.69) is 5.32 Å². The summed E-state index contributed by atoms with van der Waals surface area (Å²) in [5, 5.41) is 2.82. The zero-order chi connectivity index (χ0) is 24.2. The van der Waals surface area contributed by atoms with E-state index >= 15 is 0 Å². The zero-order valence-corrected chi connectivity index (χ0v) is 20.0. The summed E-state index contributed by atoms with van der Waals surface area (Å²) in [4.78, 5) is 27.5. The van der Waals surface area contributed by atoms with Crippen LogP contribution in [0.15, 0.2) is 42.5 Å². The Hall–Kier alpha value is -3.09. The molecule has 2 rings (SSSR count). The number of nitrogens with one attached hydrogen (secondary N) is 1. The monoisotopic (exact) mass is 458 g/mol. The Bertz CT molecular complexity index is 902. The van der Waals surface area contributed by atoms with Gasteiger partial charge in [-0.05, 0) is 69.0 Å². The van der Waals surface area contributed by atoms with E-state index in [-0.39, 0.29) is 30.6 Å². The Balaban J connectivity index is 2.20. The van der Waals surface area contributed by atoms with Crippen molar-refractivity contribution in [3.05, 3.63) is 59.4 Å². The van der Waals surface area contributed by atoms with Crippen LogP contribution < -0.4 is 14.8 Å². The summed E-state index contributed by atoms with van der Waals surface area (Å²) >= 11 is 0. The van der Waals surface area contributed by atoms with Gasteiger partial charge in [0.2, 0.25) is 11.8 Å². The SMILES string of the molecule is CCNC(=O)[C@@H](CC)N(Cc1ccc(F)cc1)C(=O)CCc1ccc(OCC)c(OCC)c1. The molecule has 33 heavy (non-hydrogen) atoms. The molecule has 0 aliphatic heterocycles. The van der Waals surface area contributed by atoms with Gasteiger partial charge in [0.15, 0.2) is 11.5 Å². The molecule has 2 aromatic rings. The predicted molar refractivity (Wildman–Crippen MR) is 127 cm³/mol. The fourth-order valence-electron chi connectivity index (χ4n) is 3.64. The molecular weight excluding hydrogens is 423 g/mol. The first-order valence-corrected chi connectivity index (χ1v) is 11.6. The van der Waals surface area contributed by atoms with Crippen molar-refractivity contribution in [1.29, 1.82) is 0 Å². The molecule has 1 N–H and O–H groups in total. The number of likely N-dealkylation sites (N-methyl/N-ethyl adjacent to an activating group) is 1. The van der Waals surface area contributed by atoms with Crippen molar-refractivity contribution in [3.63, 3.8) is 0 Å². The molecule has 0 saturated carbocycles. The van der Waals surface area contributed by atoms with E-state index < -0.39 is 6.04 Å². The number of hydrogen-bond acceptors (Lipinski definition) is 4. The summed E-state index contributed by atoms with van der Waals surface area (Å²) in [5.41, 5.74) is 1.72. The molecule has 180 valence electrons. The Morgan fingerprint density at radius 3 is 2.18 bits per heavy atom. The highest BCUT2D eigenvalue weighted by Gasteiger charge is 2.28.